The summed E-state index contributed by atoms with van der Waals surface area (Å²) in [6.45, 7) is 5.88. The Hall–Kier alpha value is -5.03. The lowest BCUT2D eigenvalue weighted by Crippen LogP contribution is -2.26. The first-order valence-electron chi connectivity index (χ1n) is 12.6. The molecular weight excluding hydrogens is 488 g/mol. The van der Waals surface area contributed by atoms with E-state index in [4.69, 9.17) is 10.2 Å². The third-order valence-corrected chi connectivity index (χ3v) is 5.84. The van der Waals surface area contributed by atoms with Crippen LogP contribution in [0.25, 0.3) is 11.0 Å². The normalized spacial score (nSPS) is 10.4. The van der Waals surface area contributed by atoms with Gasteiger partial charge in [-0.3, -0.25) is 14.9 Å². The van der Waals surface area contributed by atoms with Crippen LogP contribution in [0, 0.1) is 11.3 Å². The van der Waals surface area contributed by atoms with Gasteiger partial charge in [-0.15, -0.1) is 6.58 Å². The number of benzene rings is 3. The molecule has 0 saturated carbocycles. The minimum Gasteiger partial charge on any atom is -0.311 e. The minimum atomic E-state index is -0.317. The molecule has 4 aromatic rings. The van der Waals surface area contributed by atoms with Crippen molar-refractivity contribution in [3.8, 4) is 6.07 Å². The van der Waals surface area contributed by atoms with Crippen LogP contribution in [0.3, 0.4) is 0 Å². The second-order valence-corrected chi connectivity index (χ2v) is 8.62. The number of aromatic nitrogens is 2. The number of allylic oxidation sites excluding steroid dienone is 1. The molecular formula is C31H32N6O2. The molecule has 1 N–H and O–H groups in total. The van der Waals surface area contributed by atoms with E-state index in [1.165, 1.54) is 0 Å². The van der Waals surface area contributed by atoms with Crippen LogP contribution in [-0.2, 0) is 6.54 Å². The van der Waals surface area contributed by atoms with Gasteiger partial charge in [-0.25, -0.2) is 4.98 Å². The van der Waals surface area contributed by atoms with Crippen molar-refractivity contribution in [1.82, 2.24) is 9.55 Å². The number of fused-ring (bicyclic) bond motifs is 1. The van der Waals surface area contributed by atoms with Gasteiger partial charge in [-0.05, 0) is 80.6 Å². The van der Waals surface area contributed by atoms with Crippen molar-refractivity contribution in [3.05, 3.63) is 102 Å². The van der Waals surface area contributed by atoms with Gasteiger partial charge in [0.25, 0.3) is 11.8 Å². The van der Waals surface area contributed by atoms with Crippen LogP contribution in [0.2, 0.25) is 0 Å². The minimum absolute atomic E-state index is 0.123. The first-order chi connectivity index (χ1) is 18.9. The van der Waals surface area contributed by atoms with Crippen LogP contribution < -0.4 is 10.2 Å². The number of amides is 2. The Morgan fingerprint density at radius 1 is 1.10 bits per heavy atom. The van der Waals surface area contributed by atoms with E-state index in [2.05, 4.69) is 16.9 Å². The number of unbranched alkanes of at least 4 members (excludes halogenated alkanes) is 1. The van der Waals surface area contributed by atoms with Gasteiger partial charge in [0.05, 0.1) is 22.7 Å². The van der Waals surface area contributed by atoms with Gasteiger partial charge < -0.3 is 14.5 Å². The lowest BCUT2D eigenvalue weighted by atomic mass is 10.1. The highest BCUT2D eigenvalue weighted by atomic mass is 16.2. The Balaban J connectivity index is 0.00000134. The molecule has 0 atom stereocenters. The number of nitrogens with zero attached hydrogens (tertiary/aromatic N) is 5. The maximum absolute atomic E-state index is 12.9. The van der Waals surface area contributed by atoms with Crippen LogP contribution in [0.15, 0.2) is 90.4 Å². The second-order valence-electron chi connectivity index (χ2n) is 8.62. The Kier molecular flexibility index (Phi) is 10.3. The van der Waals surface area contributed by atoms with Crippen molar-refractivity contribution < 1.29 is 9.59 Å². The number of rotatable bonds is 8. The molecule has 0 radical (unpaired) electrons. The Morgan fingerprint density at radius 3 is 2.44 bits per heavy atom. The molecule has 2 amide bonds. The number of nitrogens with one attached hydrogen (secondary N) is 1. The summed E-state index contributed by atoms with van der Waals surface area (Å²) in [5.74, 6) is -0.0210. The summed E-state index contributed by atoms with van der Waals surface area (Å²) in [6, 6.07) is 23.2. The zero-order chi connectivity index (χ0) is 28.2. The van der Waals surface area contributed by atoms with E-state index in [0.29, 0.717) is 40.4 Å². The van der Waals surface area contributed by atoms with E-state index in [1.54, 1.807) is 61.5 Å². The van der Waals surface area contributed by atoms with Gasteiger partial charge in [-0.1, -0.05) is 24.3 Å². The summed E-state index contributed by atoms with van der Waals surface area (Å²) in [7, 11) is 3.47. The highest BCUT2D eigenvalue weighted by molar-refractivity contribution is 6.07. The van der Waals surface area contributed by atoms with Crippen molar-refractivity contribution in [3.63, 3.8) is 0 Å². The molecule has 0 saturated heterocycles. The highest BCUT2D eigenvalue weighted by Crippen LogP contribution is 2.26. The number of aryl methyl sites for hydroxylation is 1. The zero-order valence-electron chi connectivity index (χ0n) is 22.5. The molecule has 0 aliphatic carbocycles. The van der Waals surface area contributed by atoms with E-state index in [0.717, 1.165) is 18.4 Å². The van der Waals surface area contributed by atoms with E-state index in [-0.39, 0.29) is 11.8 Å². The number of carbonyl (C=O) groups excluding carboxylic acids is 2. The smallest absolute Gasteiger partial charge is 0.258 e. The standard InChI is InChI=1S/C28H26N6O2.C3H6/c1-30-16-6-7-17-34-25-15-14-23(33(2)27(36)22-8-4-3-5-9-22)18-24(25)31-28(34)32-26(35)21-12-10-20(19-29)11-13-21;1-3-2/h3-5,8-16,18H,6-7,17H2,1-2H3,(H,31,32,35);3H,1H2,2H3. The summed E-state index contributed by atoms with van der Waals surface area (Å²) in [5, 5.41) is 11.9. The number of hydrogen-bond acceptors (Lipinski definition) is 5. The van der Waals surface area contributed by atoms with Crippen LogP contribution >= 0.6 is 0 Å². The molecule has 0 unspecified atom stereocenters. The van der Waals surface area contributed by atoms with Crippen molar-refractivity contribution in [1.29, 1.82) is 5.26 Å². The maximum atomic E-state index is 12.9. The van der Waals surface area contributed by atoms with Crippen molar-refractivity contribution in [2.24, 2.45) is 4.99 Å². The van der Waals surface area contributed by atoms with Gasteiger partial charge >= 0.3 is 0 Å². The Labute approximate surface area is 228 Å². The highest BCUT2D eigenvalue weighted by Gasteiger charge is 2.18. The lowest BCUT2D eigenvalue weighted by Gasteiger charge is -2.17. The predicted molar refractivity (Wildman–Crippen MR) is 158 cm³/mol. The molecule has 0 aliphatic heterocycles. The van der Waals surface area contributed by atoms with E-state index in [1.807, 2.05) is 60.2 Å². The topological polar surface area (TPSA) is 103 Å². The summed E-state index contributed by atoms with van der Waals surface area (Å²) < 4.78 is 1.96. The fourth-order valence-electron chi connectivity index (χ4n) is 3.88. The van der Waals surface area contributed by atoms with Crippen molar-refractivity contribution >= 4 is 40.7 Å². The van der Waals surface area contributed by atoms with E-state index in [9.17, 15) is 9.59 Å². The summed E-state index contributed by atoms with van der Waals surface area (Å²) >= 11 is 0. The van der Waals surface area contributed by atoms with Gasteiger partial charge in [0.1, 0.15) is 0 Å². The molecule has 0 fully saturated rings. The quantitative estimate of drug-likeness (QED) is 0.172. The predicted octanol–water partition coefficient (Wildman–Crippen LogP) is 6.11. The molecule has 0 spiro atoms. The Bertz CT molecular complexity index is 1500. The van der Waals surface area contributed by atoms with Crippen LogP contribution in [-0.4, -0.2) is 41.7 Å². The average Bonchev–Trinajstić information content (AvgIpc) is 3.31. The number of imidazole rings is 1. The molecule has 1 aromatic heterocycles. The van der Waals surface area contributed by atoms with Crippen molar-refractivity contribution in [2.45, 2.75) is 26.3 Å². The summed E-state index contributed by atoms with van der Waals surface area (Å²) in [6.07, 6.45) is 5.22. The largest absolute Gasteiger partial charge is 0.311 e. The number of nitriles is 1. The molecule has 39 heavy (non-hydrogen) atoms. The first kappa shape index (κ1) is 28.5. The first-order valence-corrected chi connectivity index (χ1v) is 12.6. The van der Waals surface area contributed by atoms with Crippen LogP contribution in [0.1, 0.15) is 46.0 Å². The molecule has 4 rings (SSSR count). The van der Waals surface area contributed by atoms with Gasteiger partial charge in [0.2, 0.25) is 5.95 Å². The zero-order valence-corrected chi connectivity index (χ0v) is 22.5. The molecule has 3 aromatic carbocycles. The van der Waals surface area contributed by atoms with Crippen LogP contribution in [0.5, 0.6) is 0 Å². The third kappa shape index (κ3) is 7.27. The van der Waals surface area contributed by atoms with Crippen LogP contribution in [0.4, 0.5) is 11.6 Å². The average molecular weight is 521 g/mol. The molecule has 1 heterocycles. The maximum Gasteiger partial charge on any atom is 0.258 e. The molecule has 8 nitrogen and oxygen atoms in total. The molecule has 8 heteroatoms. The van der Waals surface area contributed by atoms with E-state index >= 15 is 0 Å². The summed E-state index contributed by atoms with van der Waals surface area (Å²) in [5.41, 5.74) is 3.72. The monoisotopic (exact) mass is 520 g/mol. The number of aliphatic imine (C=N–C) groups is 1. The molecule has 198 valence electrons. The SMILES string of the molecule is C=CC.CN=CCCCn1c(NC(=O)c2ccc(C#N)cc2)nc2cc(N(C)C(=O)c3ccccc3)ccc21. The Morgan fingerprint density at radius 2 is 1.79 bits per heavy atom. The lowest BCUT2D eigenvalue weighted by molar-refractivity contribution is 0.0991. The van der Waals surface area contributed by atoms with Gasteiger partial charge in [-0.2, -0.15) is 5.26 Å². The third-order valence-electron chi connectivity index (χ3n) is 5.84. The van der Waals surface area contributed by atoms with Gasteiger partial charge in [0, 0.05) is 37.5 Å². The van der Waals surface area contributed by atoms with E-state index < -0.39 is 0 Å². The van der Waals surface area contributed by atoms with Crippen molar-refractivity contribution in [2.75, 3.05) is 24.3 Å². The number of hydrogen-bond donors (Lipinski definition) is 1. The molecule has 0 bridgehead atoms. The molecule has 0 aliphatic rings. The van der Waals surface area contributed by atoms with Gasteiger partial charge in [0.15, 0.2) is 0 Å². The number of anilines is 2. The second kappa shape index (κ2) is 14.1. The summed E-state index contributed by atoms with van der Waals surface area (Å²) in [4.78, 5) is 36.1. The number of carbonyl (C=O) groups is 2. The fourth-order valence-corrected chi connectivity index (χ4v) is 3.88. The fraction of sp³-hybridized carbons (Fsp3) is 0.194.